The predicted octanol–water partition coefficient (Wildman–Crippen LogP) is 11.1. The molecule has 0 aliphatic carbocycles. The zero-order chi connectivity index (χ0) is 44.8. The molecule has 0 fully saturated rings. The lowest BCUT2D eigenvalue weighted by Gasteiger charge is -2.30. The minimum absolute atomic E-state index is 0.0131. The number of sulfonamides is 1. The highest BCUT2D eigenvalue weighted by atomic mass is 32.2. The number of aliphatic hydroxyl groups is 1. The molecule has 0 spiro atoms. The van der Waals surface area contributed by atoms with Crippen LogP contribution in [-0.4, -0.2) is 43.4 Å². The van der Waals surface area contributed by atoms with E-state index in [-0.39, 0.29) is 36.1 Å². The molecule has 7 aromatic carbocycles. The topological polar surface area (TPSA) is 97.3 Å². The summed E-state index contributed by atoms with van der Waals surface area (Å²) in [6.45, 7) is 1.83. The fourth-order valence-corrected chi connectivity index (χ4v) is 8.24. The van der Waals surface area contributed by atoms with E-state index in [0.717, 1.165) is 33.4 Å². The molecule has 330 valence electrons. The van der Waals surface area contributed by atoms with E-state index in [2.05, 4.69) is 9.62 Å². The van der Waals surface area contributed by atoms with Crippen LogP contribution in [0.2, 0.25) is 0 Å². The second kappa shape index (κ2) is 21.7. The molecule has 0 radical (unpaired) electrons. The van der Waals surface area contributed by atoms with Crippen molar-refractivity contribution in [3.63, 3.8) is 0 Å². The van der Waals surface area contributed by atoms with Crippen molar-refractivity contribution >= 4 is 15.7 Å². The van der Waals surface area contributed by atoms with Gasteiger partial charge in [0.2, 0.25) is 10.0 Å². The van der Waals surface area contributed by atoms with Gasteiger partial charge in [-0.05, 0) is 75.3 Å². The molecule has 12 heteroatoms. The van der Waals surface area contributed by atoms with E-state index in [1.807, 2.05) is 170 Å². The van der Waals surface area contributed by atoms with Crippen molar-refractivity contribution in [2.24, 2.45) is 0 Å². The molecule has 7 rings (SSSR count). The zero-order valence-corrected chi connectivity index (χ0v) is 35.8. The second-order valence-corrected chi connectivity index (χ2v) is 17.2. The summed E-state index contributed by atoms with van der Waals surface area (Å²) in [7, 11) is -4.89. The van der Waals surface area contributed by atoms with Crippen LogP contribution >= 0.6 is 0 Å². The number of nitrogens with zero attached hydrogens (tertiary/aromatic N) is 1. The number of hydrogen-bond acceptors (Lipinski definition) is 7. The fraction of sp³-hybridized carbons (Fsp3) is 0.192. The van der Waals surface area contributed by atoms with Crippen LogP contribution < -0.4 is 18.9 Å². The fourth-order valence-electron chi connectivity index (χ4n) is 7.25. The maximum Gasteiger partial charge on any atom is 0.404 e. The van der Waals surface area contributed by atoms with E-state index >= 15 is 0 Å². The summed E-state index contributed by atoms with van der Waals surface area (Å²) >= 11 is 0. The van der Waals surface area contributed by atoms with Gasteiger partial charge >= 0.3 is 6.18 Å². The van der Waals surface area contributed by atoms with Gasteiger partial charge in [-0.25, -0.2) is 8.42 Å². The highest BCUT2D eigenvalue weighted by Crippen LogP contribution is 2.34. The van der Waals surface area contributed by atoms with Crippen LogP contribution in [0.4, 0.5) is 18.9 Å². The Hall–Kier alpha value is -6.60. The van der Waals surface area contributed by atoms with Gasteiger partial charge in [0.1, 0.15) is 37.1 Å². The molecule has 0 aliphatic heterocycles. The molecule has 0 aliphatic rings. The predicted molar refractivity (Wildman–Crippen MR) is 244 cm³/mol. The van der Waals surface area contributed by atoms with Gasteiger partial charge in [0.15, 0.2) is 5.75 Å². The molecular weight excluding hydrogens is 838 g/mol. The standard InChI is InChI=1S/C52H49F3N2O6S/c53-52(54,55)38-64(59,60)56-49-31-45(25-30-51(49)63-37-42-19-11-4-12-20-42)50(58)34-57(32-39-13-5-1-6-14-39)33-48(43-21-26-46(27-22-43)61-35-40-15-7-2-8-16-40)44-23-28-47(29-24-44)62-36-41-17-9-3-10-18-41/h1-31,48,50,56,58H,32-38H2/t50-/m0/s1. The van der Waals surface area contributed by atoms with Crippen molar-refractivity contribution in [3.8, 4) is 17.2 Å². The number of aliphatic hydroxyl groups excluding tert-OH is 1. The number of ether oxygens (including phenoxy) is 3. The molecule has 64 heavy (non-hydrogen) atoms. The van der Waals surface area contributed by atoms with E-state index in [0.29, 0.717) is 37.8 Å². The lowest BCUT2D eigenvalue weighted by atomic mass is 9.90. The van der Waals surface area contributed by atoms with Crippen molar-refractivity contribution < 1.29 is 40.9 Å². The Morgan fingerprint density at radius 1 is 0.531 bits per heavy atom. The monoisotopic (exact) mass is 886 g/mol. The van der Waals surface area contributed by atoms with E-state index in [9.17, 15) is 26.7 Å². The zero-order valence-electron chi connectivity index (χ0n) is 35.0. The van der Waals surface area contributed by atoms with Crippen LogP contribution in [0.15, 0.2) is 188 Å². The van der Waals surface area contributed by atoms with Crippen LogP contribution in [0.3, 0.4) is 0 Å². The van der Waals surface area contributed by atoms with Gasteiger partial charge < -0.3 is 19.3 Å². The van der Waals surface area contributed by atoms with Gasteiger partial charge in [-0.3, -0.25) is 9.62 Å². The number of alkyl halides is 3. The summed E-state index contributed by atoms with van der Waals surface area (Å²) in [5.41, 5.74) is 5.93. The first kappa shape index (κ1) is 45.4. The molecule has 0 saturated carbocycles. The van der Waals surface area contributed by atoms with Crippen molar-refractivity contribution in [1.82, 2.24) is 4.90 Å². The Balaban J connectivity index is 1.17. The first-order valence-electron chi connectivity index (χ1n) is 20.8. The van der Waals surface area contributed by atoms with Crippen molar-refractivity contribution in [2.45, 2.75) is 44.6 Å². The van der Waals surface area contributed by atoms with Crippen LogP contribution in [0.5, 0.6) is 17.2 Å². The highest BCUT2D eigenvalue weighted by Gasteiger charge is 2.35. The van der Waals surface area contributed by atoms with E-state index in [1.165, 1.54) is 12.1 Å². The minimum atomic E-state index is -4.98. The lowest BCUT2D eigenvalue weighted by Crippen LogP contribution is -2.33. The highest BCUT2D eigenvalue weighted by molar-refractivity contribution is 7.92. The molecule has 0 aromatic heterocycles. The first-order valence-corrected chi connectivity index (χ1v) is 22.5. The molecule has 1 atom stereocenters. The van der Waals surface area contributed by atoms with Crippen molar-refractivity contribution in [3.05, 3.63) is 227 Å². The van der Waals surface area contributed by atoms with Gasteiger partial charge in [-0.1, -0.05) is 152 Å². The van der Waals surface area contributed by atoms with Gasteiger partial charge in [0.05, 0.1) is 11.8 Å². The summed E-state index contributed by atoms with van der Waals surface area (Å²) < 4.78 is 85.8. The van der Waals surface area contributed by atoms with Crippen LogP contribution in [0, 0.1) is 0 Å². The first-order chi connectivity index (χ1) is 30.9. The Bertz CT molecular complexity index is 2520. The van der Waals surface area contributed by atoms with E-state index in [1.54, 1.807) is 6.07 Å². The molecule has 8 nitrogen and oxygen atoms in total. The average molecular weight is 887 g/mol. The number of halogens is 3. The lowest BCUT2D eigenvalue weighted by molar-refractivity contribution is -0.106. The van der Waals surface area contributed by atoms with E-state index in [4.69, 9.17) is 14.2 Å². The normalized spacial score (nSPS) is 12.2. The van der Waals surface area contributed by atoms with Crippen molar-refractivity contribution in [2.75, 3.05) is 23.6 Å². The number of anilines is 1. The number of hydrogen-bond donors (Lipinski definition) is 2. The molecule has 0 amide bonds. The molecule has 7 aromatic rings. The Morgan fingerprint density at radius 2 is 0.953 bits per heavy atom. The summed E-state index contributed by atoms with van der Waals surface area (Å²) in [5.74, 6) is -0.854. The van der Waals surface area contributed by atoms with Crippen LogP contribution in [-0.2, 0) is 36.4 Å². The summed E-state index contributed by atoms with van der Waals surface area (Å²) in [5, 5.41) is 11.9. The SMILES string of the molecule is O=S(=O)(CC(F)(F)F)Nc1cc([C@@H](O)CN(Cc2ccccc2)CC(c2ccc(OCc3ccccc3)cc2)c2ccc(OCc3ccccc3)cc2)ccc1OCc1ccccc1. The summed E-state index contributed by atoms with van der Waals surface area (Å²) in [6, 6.07) is 59.0. The number of nitrogens with one attached hydrogen (secondary N) is 1. The van der Waals surface area contributed by atoms with Gasteiger partial charge in [0, 0.05) is 25.6 Å². The smallest absolute Gasteiger partial charge is 0.404 e. The Kier molecular flexibility index (Phi) is 15.4. The van der Waals surface area contributed by atoms with Gasteiger partial charge in [-0.2, -0.15) is 13.2 Å². The average Bonchev–Trinajstić information content (AvgIpc) is 3.30. The third-order valence-corrected chi connectivity index (χ3v) is 11.7. The third-order valence-electron chi connectivity index (χ3n) is 10.4. The quantitative estimate of drug-likeness (QED) is 0.0742. The Labute approximate surface area is 372 Å². The van der Waals surface area contributed by atoms with Crippen molar-refractivity contribution in [1.29, 1.82) is 0 Å². The van der Waals surface area contributed by atoms with Crippen LogP contribution in [0.25, 0.3) is 0 Å². The van der Waals surface area contributed by atoms with E-state index < -0.39 is 28.1 Å². The Morgan fingerprint density at radius 3 is 1.41 bits per heavy atom. The molecule has 0 saturated heterocycles. The molecule has 0 heterocycles. The summed E-state index contributed by atoms with van der Waals surface area (Å²) in [4.78, 5) is 2.11. The molecule has 0 unspecified atom stereocenters. The largest absolute Gasteiger partial charge is 0.489 e. The van der Waals surface area contributed by atoms with Gasteiger partial charge in [0.25, 0.3) is 0 Å². The minimum Gasteiger partial charge on any atom is -0.489 e. The number of rotatable bonds is 21. The maximum atomic E-state index is 13.3. The third kappa shape index (κ3) is 14.0. The molecule has 0 bridgehead atoms. The second-order valence-electron chi connectivity index (χ2n) is 15.4. The summed E-state index contributed by atoms with van der Waals surface area (Å²) in [6.07, 6.45) is -6.17. The van der Waals surface area contributed by atoms with Crippen LogP contribution in [0.1, 0.15) is 51.0 Å². The number of benzene rings is 7. The van der Waals surface area contributed by atoms with Gasteiger partial charge in [-0.15, -0.1) is 0 Å². The maximum absolute atomic E-state index is 13.3. The molecule has 2 N–H and O–H groups in total. The molecular formula is C52H49F3N2O6S.